The molecule has 0 fully saturated rings. The fourth-order valence-electron chi connectivity index (χ4n) is 4.70. The van der Waals surface area contributed by atoms with Crippen molar-refractivity contribution in [2.24, 2.45) is 0 Å². The molecular formula is C36H38Cl3F2N8NaO5. The van der Waals surface area contributed by atoms with Crippen LogP contribution in [0.3, 0.4) is 0 Å². The summed E-state index contributed by atoms with van der Waals surface area (Å²) in [6.45, 7) is 16.2. The summed E-state index contributed by atoms with van der Waals surface area (Å²) < 4.78 is 28.4. The van der Waals surface area contributed by atoms with Crippen molar-refractivity contribution in [1.82, 2.24) is 34.8 Å². The number of anilines is 1. The summed E-state index contributed by atoms with van der Waals surface area (Å²) in [6.07, 6.45) is 3.29. The minimum Gasteiger partial charge on any atom is -0.850 e. The van der Waals surface area contributed by atoms with E-state index in [0.29, 0.717) is 22.8 Å². The van der Waals surface area contributed by atoms with Gasteiger partial charge in [-0.05, 0) is 61.1 Å². The number of hydrogen-bond acceptors (Lipinski definition) is 9. The fraction of sp³-hybridized carbons (Fsp3) is 0.333. The van der Waals surface area contributed by atoms with E-state index in [4.69, 9.17) is 34.8 Å². The molecule has 55 heavy (non-hydrogen) atoms. The summed E-state index contributed by atoms with van der Waals surface area (Å²) in [6, 6.07) is 4.47. The van der Waals surface area contributed by atoms with Gasteiger partial charge in [0, 0.05) is 12.4 Å². The third-order valence-corrected chi connectivity index (χ3v) is 7.87. The standard InChI is InChI=1S/C16H15Cl2FN4O2.C16H14ClFN4O2.C4H9O.Na/c1-7(2)11-12(8(3)4-5-20-11)21-16(25)23-15(24)9-6-10(19)14(18)22-13(9)17;1-7(2)11-12(8(3)4-5-19-11)22-14-9(15(23)21-16(22)24)6-10(18)13(17)20-14;1-4(2,3)5;/h4-7H,1-3H3,(H2,21,23,24,25);4-7H,1-3H3,(H,21,23,24);1-3H3;/q;;-1;+1. The van der Waals surface area contributed by atoms with Gasteiger partial charge in [0.15, 0.2) is 27.6 Å². The van der Waals surface area contributed by atoms with E-state index in [2.05, 4.69) is 35.6 Å². The molecule has 0 saturated carbocycles. The van der Waals surface area contributed by atoms with Crippen molar-refractivity contribution in [2.45, 2.75) is 79.8 Å². The average molecular weight is 830 g/mol. The number of fused-ring (bicyclic) bond motifs is 1. The first-order chi connectivity index (χ1) is 25.0. The molecule has 5 heterocycles. The fourth-order valence-corrected chi connectivity index (χ4v) is 5.25. The van der Waals surface area contributed by atoms with Crippen LogP contribution in [-0.2, 0) is 0 Å². The molecule has 0 radical (unpaired) electrons. The summed E-state index contributed by atoms with van der Waals surface area (Å²) in [5.41, 5.74) is 1.46. The predicted molar refractivity (Wildman–Crippen MR) is 203 cm³/mol. The Balaban J connectivity index is 0.000000333. The number of carbonyl (C=O) groups excluding carboxylic acids is 2. The van der Waals surface area contributed by atoms with Gasteiger partial charge >= 0.3 is 41.3 Å². The van der Waals surface area contributed by atoms with Gasteiger partial charge in [-0.15, -0.1) is 5.60 Å². The number of urea groups is 1. The third kappa shape index (κ3) is 12.6. The maximum Gasteiger partial charge on any atom is 1.00 e. The van der Waals surface area contributed by atoms with Crippen molar-refractivity contribution in [3.63, 3.8) is 0 Å². The Kier molecular flexibility index (Phi) is 17.1. The number of carbonyl (C=O) groups is 2. The summed E-state index contributed by atoms with van der Waals surface area (Å²) in [5, 5.41) is 13.5. The molecule has 3 amide bonds. The topological polar surface area (TPSA) is 188 Å². The number of aromatic amines is 1. The normalized spacial score (nSPS) is 10.9. The molecule has 0 spiro atoms. The van der Waals surface area contributed by atoms with Gasteiger partial charge < -0.3 is 10.4 Å². The van der Waals surface area contributed by atoms with E-state index in [-0.39, 0.29) is 63.1 Å². The first-order valence-corrected chi connectivity index (χ1v) is 17.4. The van der Waals surface area contributed by atoms with Crippen LogP contribution < -0.4 is 56.5 Å². The summed E-state index contributed by atoms with van der Waals surface area (Å²) >= 11 is 17.0. The monoisotopic (exact) mass is 828 g/mol. The van der Waals surface area contributed by atoms with E-state index >= 15 is 0 Å². The summed E-state index contributed by atoms with van der Waals surface area (Å²) in [5.74, 6) is -2.56. The summed E-state index contributed by atoms with van der Waals surface area (Å²) in [7, 11) is 0. The number of rotatable bonds is 5. The van der Waals surface area contributed by atoms with Crippen molar-refractivity contribution in [3.05, 3.63) is 113 Å². The zero-order valence-electron chi connectivity index (χ0n) is 31.8. The van der Waals surface area contributed by atoms with Gasteiger partial charge in [0.05, 0.1) is 33.7 Å². The number of aryl methyl sites for hydroxylation is 2. The Hall–Kier alpha value is -3.83. The van der Waals surface area contributed by atoms with Crippen LogP contribution in [0.1, 0.15) is 93.2 Å². The second-order valence-corrected chi connectivity index (χ2v) is 14.5. The molecule has 0 aliphatic heterocycles. The van der Waals surface area contributed by atoms with Crippen LogP contribution in [0, 0.1) is 25.5 Å². The number of nitrogens with one attached hydrogen (secondary N) is 3. The molecule has 5 aromatic rings. The quantitative estimate of drug-likeness (QED) is 0.173. The molecular weight excluding hydrogens is 792 g/mol. The van der Waals surface area contributed by atoms with E-state index in [1.54, 1.807) is 52.2 Å². The van der Waals surface area contributed by atoms with E-state index in [1.807, 2.05) is 34.6 Å². The number of H-pyrrole nitrogens is 1. The maximum atomic E-state index is 13.7. The van der Waals surface area contributed by atoms with Crippen LogP contribution in [-0.4, -0.2) is 47.0 Å². The van der Waals surface area contributed by atoms with Gasteiger partial charge in [-0.25, -0.2) is 32.9 Å². The minimum absolute atomic E-state index is 0. The zero-order valence-corrected chi connectivity index (χ0v) is 36.1. The second kappa shape index (κ2) is 19.9. The van der Waals surface area contributed by atoms with Crippen LogP contribution in [0.2, 0.25) is 15.5 Å². The number of pyridine rings is 4. The molecule has 0 atom stereocenters. The molecule has 13 nitrogen and oxygen atoms in total. The van der Waals surface area contributed by atoms with Crippen molar-refractivity contribution >= 4 is 63.5 Å². The van der Waals surface area contributed by atoms with Gasteiger partial charge in [0.1, 0.15) is 5.15 Å². The largest absolute Gasteiger partial charge is 1.00 e. The van der Waals surface area contributed by atoms with E-state index < -0.39 is 50.7 Å². The smallest absolute Gasteiger partial charge is 0.850 e. The third-order valence-electron chi connectivity index (χ3n) is 7.05. The molecule has 19 heteroatoms. The molecule has 3 N–H and O–H groups in total. The van der Waals surface area contributed by atoms with Gasteiger partial charge in [0.2, 0.25) is 0 Å². The molecule has 0 aromatic carbocycles. The number of imide groups is 1. The molecule has 0 bridgehead atoms. The van der Waals surface area contributed by atoms with E-state index in [0.717, 1.165) is 23.3 Å². The van der Waals surface area contributed by atoms with Crippen LogP contribution >= 0.6 is 34.8 Å². The van der Waals surface area contributed by atoms with Crippen molar-refractivity contribution in [3.8, 4) is 5.69 Å². The molecule has 0 aliphatic carbocycles. The Morgan fingerprint density at radius 3 is 1.93 bits per heavy atom. The Morgan fingerprint density at radius 2 is 1.36 bits per heavy atom. The van der Waals surface area contributed by atoms with E-state index in [9.17, 15) is 33.1 Å². The molecule has 0 aliphatic rings. The van der Waals surface area contributed by atoms with Crippen molar-refractivity contribution < 1.29 is 53.0 Å². The minimum atomic E-state index is -0.915. The maximum absolute atomic E-state index is 13.7. The van der Waals surface area contributed by atoms with Gasteiger partial charge in [-0.1, -0.05) is 83.3 Å². The second-order valence-electron chi connectivity index (χ2n) is 13.4. The van der Waals surface area contributed by atoms with Crippen LogP contribution in [0.25, 0.3) is 16.7 Å². The zero-order chi connectivity index (χ0) is 40.8. The SMILES string of the molecule is CC(C)(C)[O-].Cc1ccnc(C(C)C)c1-n1c(=O)[nH]c(=O)c2cc(F)c(Cl)nc21.Cc1ccnc(C(C)C)c1NC(=O)NC(=O)c1cc(F)c(Cl)nc1Cl.[Na+]. The molecule has 5 aromatic heterocycles. The van der Waals surface area contributed by atoms with Gasteiger partial charge in [-0.3, -0.25) is 29.9 Å². The first kappa shape index (κ1) is 47.3. The van der Waals surface area contributed by atoms with E-state index in [1.165, 1.54) is 4.57 Å². The Labute approximate surface area is 352 Å². The number of halogens is 5. The van der Waals surface area contributed by atoms with Gasteiger partial charge in [0.25, 0.3) is 11.5 Å². The van der Waals surface area contributed by atoms with Crippen LogP contribution in [0.5, 0.6) is 0 Å². The average Bonchev–Trinajstić information content (AvgIpc) is 3.04. The Morgan fingerprint density at radius 1 is 0.855 bits per heavy atom. The number of aromatic nitrogens is 6. The van der Waals surface area contributed by atoms with Crippen molar-refractivity contribution in [1.29, 1.82) is 0 Å². The Bertz CT molecular complexity index is 2330. The number of hydrogen-bond donors (Lipinski definition) is 3. The predicted octanol–water partition coefficient (Wildman–Crippen LogP) is 4.16. The van der Waals surface area contributed by atoms with Crippen molar-refractivity contribution in [2.75, 3.05) is 5.32 Å². The first-order valence-electron chi connectivity index (χ1n) is 16.3. The van der Waals surface area contributed by atoms with Crippen LogP contribution in [0.15, 0.2) is 46.2 Å². The molecule has 5 rings (SSSR count). The molecule has 0 unspecified atom stereocenters. The molecule has 288 valence electrons. The van der Waals surface area contributed by atoms with Gasteiger partial charge in [-0.2, -0.15) is 0 Å². The summed E-state index contributed by atoms with van der Waals surface area (Å²) in [4.78, 5) is 66.9. The number of amides is 3. The molecule has 0 saturated heterocycles. The number of nitrogens with zero attached hydrogens (tertiary/aromatic N) is 5. The van der Waals surface area contributed by atoms with Crippen LogP contribution in [0.4, 0.5) is 19.3 Å².